The first-order valence-corrected chi connectivity index (χ1v) is 12.0. The van der Waals surface area contributed by atoms with Crippen LogP contribution >= 0.6 is 11.8 Å². The van der Waals surface area contributed by atoms with Crippen LogP contribution in [-0.2, 0) is 4.79 Å². The van der Waals surface area contributed by atoms with Gasteiger partial charge in [-0.05, 0) is 44.0 Å². The van der Waals surface area contributed by atoms with E-state index in [-0.39, 0.29) is 24.2 Å². The highest BCUT2D eigenvalue weighted by molar-refractivity contribution is 7.99. The molecule has 2 aromatic carbocycles. The third-order valence-corrected chi connectivity index (χ3v) is 6.47. The molecule has 9 heteroatoms. The van der Waals surface area contributed by atoms with E-state index in [2.05, 4.69) is 20.8 Å². The molecule has 0 atom stereocenters. The minimum Gasteiger partial charge on any atom is -0.335 e. The SMILES string of the molecule is Cc1ccc(-n2c(SCCC(=O)NC(=O)NC3CCCC3)nnc2-c2ccccc2F)cc1. The van der Waals surface area contributed by atoms with Crippen LogP contribution in [0, 0.1) is 12.7 Å². The molecule has 0 saturated heterocycles. The lowest BCUT2D eigenvalue weighted by atomic mass is 10.2. The fourth-order valence-electron chi connectivity index (χ4n) is 3.82. The average Bonchev–Trinajstić information content (AvgIpc) is 3.45. The number of imide groups is 1. The monoisotopic (exact) mass is 467 g/mol. The van der Waals surface area contributed by atoms with Gasteiger partial charge in [0.15, 0.2) is 11.0 Å². The zero-order valence-electron chi connectivity index (χ0n) is 18.4. The molecule has 33 heavy (non-hydrogen) atoms. The zero-order chi connectivity index (χ0) is 23.2. The highest BCUT2D eigenvalue weighted by atomic mass is 32.2. The van der Waals surface area contributed by atoms with Gasteiger partial charge in [-0.25, -0.2) is 9.18 Å². The largest absolute Gasteiger partial charge is 0.335 e. The minimum atomic E-state index is -0.443. The van der Waals surface area contributed by atoms with Gasteiger partial charge in [-0.1, -0.05) is 54.4 Å². The number of nitrogens with one attached hydrogen (secondary N) is 2. The smallest absolute Gasteiger partial charge is 0.321 e. The van der Waals surface area contributed by atoms with E-state index in [0.717, 1.165) is 36.9 Å². The standard InChI is InChI=1S/C24H26FN5O2S/c1-16-10-12-18(13-11-16)30-22(19-8-4-5-9-20(19)25)28-29-24(30)33-15-14-21(31)27-23(32)26-17-6-2-3-7-17/h4-5,8-13,17H,2-3,6-7,14-15H2,1H3,(H2,26,27,31,32). The Labute approximate surface area is 196 Å². The van der Waals surface area contributed by atoms with Gasteiger partial charge in [-0.3, -0.25) is 14.7 Å². The van der Waals surface area contributed by atoms with E-state index in [9.17, 15) is 14.0 Å². The average molecular weight is 468 g/mol. The molecule has 7 nitrogen and oxygen atoms in total. The summed E-state index contributed by atoms with van der Waals surface area (Å²) in [6.45, 7) is 1.99. The lowest BCUT2D eigenvalue weighted by Gasteiger charge is -2.12. The first-order chi connectivity index (χ1) is 16.0. The van der Waals surface area contributed by atoms with Gasteiger partial charge in [0, 0.05) is 23.9 Å². The molecule has 0 aliphatic heterocycles. The second kappa shape index (κ2) is 10.6. The summed E-state index contributed by atoms with van der Waals surface area (Å²) in [5.74, 6) is 0.0418. The molecule has 0 radical (unpaired) electrons. The van der Waals surface area contributed by atoms with Crippen LogP contribution in [0.25, 0.3) is 17.1 Å². The number of rotatable bonds is 7. The van der Waals surface area contributed by atoms with Crippen molar-refractivity contribution in [1.29, 1.82) is 0 Å². The predicted molar refractivity (Wildman–Crippen MR) is 126 cm³/mol. The van der Waals surface area contributed by atoms with Gasteiger partial charge in [-0.2, -0.15) is 0 Å². The van der Waals surface area contributed by atoms with Crippen molar-refractivity contribution in [3.05, 3.63) is 59.9 Å². The molecule has 1 fully saturated rings. The van der Waals surface area contributed by atoms with Gasteiger partial charge in [0.25, 0.3) is 0 Å². The van der Waals surface area contributed by atoms with E-state index < -0.39 is 6.03 Å². The summed E-state index contributed by atoms with van der Waals surface area (Å²) in [5, 5.41) is 14.3. The molecule has 172 valence electrons. The van der Waals surface area contributed by atoms with Crippen molar-refractivity contribution < 1.29 is 14.0 Å². The summed E-state index contributed by atoms with van der Waals surface area (Å²) >= 11 is 1.33. The summed E-state index contributed by atoms with van der Waals surface area (Å²) in [6.07, 6.45) is 4.25. The molecule has 2 N–H and O–H groups in total. The Hall–Kier alpha value is -3.20. The van der Waals surface area contributed by atoms with Crippen LogP contribution in [0.5, 0.6) is 0 Å². The zero-order valence-corrected chi connectivity index (χ0v) is 19.2. The molecule has 1 aromatic heterocycles. The van der Waals surface area contributed by atoms with Crippen molar-refractivity contribution in [3.63, 3.8) is 0 Å². The predicted octanol–water partition coefficient (Wildman–Crippen LogP) is 4.63. The molecule has 0 unspecified atom stereocenters. The highest BCUT2D eigenvalue weighted by Crippen LogP contribution is 2.29. The van der Waals surface area contributed by atoms with Crippen molar-refractivity contribution in [2.45, 2.75) is 50.2 Å². The third kappa shape index (κ3) is 5.78. The maximum Gasteiger partial charge on any atom is 0.321 e. The molecular weight excluding hydrogens is 441 g/mol. The Morgan fingerprint density at radius 3 is 2.55 bits per heavy atom. The van der Waals surface area contributed by atoms with E-state index in [4.69, 9.17) is 0 Å². The Morgan fingerprint density at radius 1 is 1.09 bits per heavy atom. The quantitative estimate of drug-likeness (QED) is 0.495. The van der Waals surface area contributed by atoms with Gasteiger partial charge >= 0.3 is 6.03 Å². The van der Waals surface area contributed by atoms with E-state index in [1.54, 1.807) is 22.8 Å². The number of carbonyl (C=O) groups excluding carboxylic acids is 2. The Bertz CT molecular complexity index is 1130. The normalized spacial score (nSPS) is 13.8. The van der Waals surface area contributed by atoms with E-state index in [0.29, 0.717) is 22.3 Å². The maximum atomic E-state index is 14.5. The van der Waals surface area contributed by atoms with Crippen molar-refractivity contribution in [3.8, 4) is 17.1 Å². The second-order valence-corrected chi connectivity index (χ2v) is 9.12. The molecule has 0 bridgehead atoms. The number of aryl methyl sites for hydroxylation is 1. The summed E-state index contributed by atoms with van der Waals surface area (Å²) in [6, 6.07) is 13.9. The summed E-state index contributed by atoms with van der Waals surface area (Å²) in [5.41, 5.74) is 2.24. The van der Waals surface area contributed by atoms with E-state index >= 15 is 0 Å². The fraction of sp³-hybridized carbons (Fsp3) is 0.333. The van der Waals surface area contributed by atoms with Crippen LogP contribution in [-0.4, -0.2) is 38.5 Å². The van der Waals surface area contributed by atoms with Crippen molar-refractivity contribution in [2.24, 2.45) is 0 Å². The summed E-state index contributed by atoms with van der Waals surface area (Å²) < 4.78 is 16.3. The number of nitrogens with zero attached hydrogens (tertiary/aromatic N) is 3. The molecule has 1 saturated carbocycles. The number of urea groups is 1. The van der Waals surface area contributed by atoms with Crippen molar-refractivity contribution in [1.82, 2.24) is 25.4 Å². The van der Waals surface area contributed by atoms with Crippen LogP contribution in [0.1, 0.15) is 37.7 Å². The number of hydrogen-bond acceptors (Lipinski definition) is 5. The fourth-order valence-corrected chi connectivity index (χ4v) is 4.71. The van der Waals surface area contributed by atoms with Gasteiger partial charge in [0.2, 0.25) is 5.91 Å². The van der Waals surface area contributed by atoms with E-state index in [1.807, 2.05) is 31.2 Å². The van der Waals surface area contributed by atoms with Gasteiger partial charge in [0.05, 0.1) is 5.56 Å². The number of thioether (sulfide) groups is 1. The molecule has 4 rings (SSSR count). The first kappa shape index (κ1) is 23.0. The molecule has 3 amide bonds. The molecule has 1 heterocycles. The van der Waals surface area contributed by atoms with Gasteiger partial charge < -0.3 is 5.32 Å². The summed E-state index contributed by atoms with van der Waals surface area (Å²) in [4.78, 5) is 24.2. The van der Waals surface area contributed by atoms with Crippen LogP contribution in [0.2, 0.25) is 0 Å². The second-order valence-electron chi connectivity index (χ2n) is 8.06. The molecule has 1 aliphatic rings. The maximum absolute atomic E-state index is 14.5. The molecular formula is C24H26FN5O2S. The van der Waals surface area contributed by atoms with E-state index in [1.165, 1.54) is 17.8 Å². The number of benzene rings is 2. The molecule has 1 aliphatic carbocycles. The number of hydrogen-bond donors (Lipinski definition) is 2. The van der Waals surface area contributed by atoms with Crippen LogP contribution in [0.4, 0.5) is 9.18 Å². The van der Waals surface area contributed by atoms with Crippen molar-refractivity contribution in [2.75, 3.05) is 5.75 Å². The van der Waals surface area contributed by atoms with Crippen LogP contribution in [0.3, 0.4) is 0 Å². The van der Waals surface area contributed by atoms with Crippen LogP contribution in [0.15, 0.2) is 53.7 Å². The first-order valence-electron chi connectivity index (χ1n) is 11.0. The van der Waals surface area contributed by atoms with Crippen LogP contribution < -0.4 is 10.6 Å². The minimum absolute atomic E-state index is 0.137. The number of amides is 3. The number of carbonyl (C=O) groups is 2. The van der Waals surface area contributed by atoms with Gasteiger partial charge in [-0.15, -0.1) is 10.2 Å². The Morgan fingerprint density at radius 2 is 1.82 bits per heavy atom. The number of halogens is 1. The molecule has 0 spiro atoms. The Kier molecular flexibility index (Phi) is 7.39. The Balaban J connectivity index is 1.45. The summed E-state index contributed by atoms with van der Waals surface area (Å²) in [7, 11) is 0. The van der Waals surface area contributed by atoms with Gasteiger partial charge in [0.1, 0.15) is 5.82 Å². The highest BCUT2D eigenvalue weighted by Gasteiger charge is 2.20. The molecule has 3 aromatic rings. The number of aromatic nitrogens is 3. The topological polar surface area (TPSA) is 88.9 Å². The lowest BCUT2D eigenvalue weighted by molar-refractivity contribution is -0.119. The van der Waals surface area contributed by atoms with Crippen molar-refractivity contribution >= 4 is 23.7 Å². The lowest BCUT2D eigenvalue weighted by Crippen LogP contribution is -2.43. The third-order valence-electron chi connectivity index (χ3n) is 5.54.